The molecule has 1 aromatic heterocycles. The molecule has 0 radical (unpaired) electrons. The number of aryl methyl sites for hydroxylation is 1. The molecule has 0 amide bonds. The van der Waals surface area contributed by atoms with Crippen LogP contribution in [0.5, 0.6) is 0 Å². The molecule has 1 fully saturated rings. The summed E-state index contributed by atoms with van der Waals surface area (Å²) < 4.78 is 4.72. The summed E-state index contributed by atoms with van der Waals surface area (Å²) in [7, 11) is 1.38. The number of pyridine rings is 1. The van der Waals surface area contributed by atoms with E-state index < -0.39 is 0 Å². The molecule has 116 valence electrons. The fourth-order valence-electron chi connectivity index (χ4n) is 2.69. The molecule has 0 atom stereocenters. The Labute approximate surface area is 126 Å². The van der Waals surface area contributed by atoms with Gasteiger partial charge in [-0.15, -0.1) is 0 Å². The maximum atomic E-state index is 11.5. The van der Waals surface area contributed by atoms with Gasteiger partial charge in [0.1, 0.15) is 5.82 Å². The van der Waals surface area contributed by atoms with E-state index in [-0.39, 0.29) is 5.97 Å². The maximum absolute atomic E-state index is 11.5. The molecule has 0 saturated carbocycles. The number of aromatic nitrogens is 1. The van der Waals surface area contributed by atoms with Gasteiger partial charge in [-0.2, -0.15) is 0 Å². The highest BCUT2D eigenvalue weighted by Gasteiger charge is 2.11. The molecular weight excluding hydrogens is 266 g/mol. The van der Waals surface area contributed by atoms with Crippen LogP contribution in [0.3, 0.4) is 0 Å². The minimum absolute atomic E-state index is 0.336. The normalized spacial score (nSPS) is 15.7. The topological polar surface area (TPSA) is 54.5 Å². The summed E-state index contributed by atoms with van der Waals surface area (Å²) in [5, 5.41) is 3.32. The first-order chi connectivity index (χ1) is 10.2. The Balaban J connectivity index is 1.75. The van der Waals surface area contributed by atoms with Gasteiger partial charge in [0.15, 0.2) is 0 Å². The highest BCUT2D eigenvalue weighted by atomic mass is 16.5. The molecule has 1 N–H and O–H groups in total. The lowest BCUT2D eigenvalue weighted by atomic mass is 10.1. The van der Waals surface area contributed by atoms with Gasteiger partial charge < -0.3 is 15.0 Å². The van der Waals surface area contributed by atoms with Crippen LogP contribution >= 0.6 is 0 Å². The number of anilines is 1. The van der Waals surface area contributed by atoms with Gasteiger partial charge in [-0.1, -0.05) is 6.42 Å². The summed E-state index contributed by atoms with van der Waals surface area (Å²) in [6.07, 6.45) is 5.16. The fraction of sp³-hybridized carbons (Fsp3) is 0.625. The number of carbonyl (C=O) groups is 1. The predicted molar refractivity (Wildman–Crippen MR) is 83.7 cm³/mol. The Kier molecular flexibility index (Phi) is 5.99. The van der Waals surface area contributed by atoms with E-state index in [1.807, 2.05) is 13.0 Å². The number of piperidine rings is 1. The second kappa shape index (κ2) is 7.98. The molecule has 1 aliphatic rings. The first-order valence-electron chi connectivity index (χ1n) is 7.73. The SMILES string of the molecule is COC(=O)c1ccc(NCCCN2CCCCC2)nc1C. The summed E-state index contributed by atoms with van der Waals surface area (Å²) in [5.41, 5.74) is 1.22. The lowest BCUT2D eigenvalue weighted by molar-refractivity contribution is 0.0599. The van der Waals surface area contributed by atoms with Gasteiger partial charge in [0.25, 0.3) is 0 Å². The molecule has 5 nitrogen and oxygen atoms in total. The third kappa shape index (κ3) is 4.70. The van der Waals surface area contributed by atoms with Crippen LogP contribution in [0.2, 0.25) is 0 Å². The number of methoxy groups -OCH3 is 1. The second-order valence-electron chi connectivity index (χ2n) is 5.50. The van der Waals surface area contributed by atoms with Crippen LogP contribution in [-0.4, -0.2) is 49.1 Å². The summed E-state index contributed by atoms with van der Waals surface area (Å²) in [4.78, 5) is 18.4. The lowest BCUT2D eigenvalue weighted by Crippen LogP contribution is -2.31. The monoisotopic (exact) mass is 291 g/mol. The van der Waals surface area contributed by atoms with Gasteiger partial charge in [0.2, 0.25) is 0 Å². The Morgan fingerprint density at radius 3 is 2.76 bits per heavy atom. The highest BCUT2D eigenvalue weighted by molar-refractivity contribution is 5.90. The van der Waals surface area contributed by atoms with E-state index in [0.29, 0.717) is 11.3 Å². The number of nitrogens with zero attached hydrogens (tertiary/aromatic N) is 2. The van der Waals surface area contributed by atoms with Crippen LogP contribution in [0.1, 0.15) is 41.7 Å². The molecule has 0 aromatic carbocycles. The van der Waals surface area contributed by atoms with Crippen LogP contribution in [-0.2, 0) is 4.74 Å². The molecular formula is C16H25N3O2. The zero-order valence-corrected chi connectivity index (χ0v) is 13.0. The van der Waals surface area contributed by atoms with E-state index >= 15 is 0 Å². The average molecular weight is 291 g/mol. The molecule has 0 aliphatic carbocycles. The highest BCUT2D eigenvalue weighted by Crippen LogP contribution is 2.12. The molecule has 0 bridgehead atoms. The standard InChI is InChI=1S/C16H25N3O2/c1-13-14(16(20)21-2)7-8-15(18-13)17-9-6-12-19-10-4-3-5-11-19/h7-8H,3-6,9-12H2,1-2H3,(H,17,18). The van der Waals surface area contributed by atoms with Crippen molar-refractivity contribution in [1.82, 2.24) is 9.88 Å². The first-order valence-corrected chi connectivity index (χ1v) is 7.73. The minimum atomic E-state index is -0.336. The van der Waals surface area contributed by atoms with E-state index in [9.17, 15) is 4.79 Å². The number of carbonyl (C=O) groups excluding carboxylic acids is 1. The van der Waals surface area contributed by atoms with Crippen LogP contribution in [0.4, 0.5) is 5.82 Å². The number of ether oxygens (including phenoxy) is 1. The van der Waals surface area contributed by atoms with Crippen molar-refractivity contribution in [3.63, 3.8) is 0 Å². The third-order valence-electron chi connectivity index (χ3n) is 3.90. The Morgan fingerprint density at radius 2 is 2.10 bits per heavy atom. The summed E-state index contributed by atoms with van der Waals surface area (Å²) in [5.74, 6) is 0.482. The lowest BCUT2D eigenvalue weighted by Gasteiger charge is -2.26. The third-order valence-corrected chi connectivity index (χ3v) is 3.90. The van der Waals surface area contributed by atoms with Crippen molar-refractivity contribution < 1.29 is 9.53 Å². The van der Waals surface area contributed by atoms with Gasteiger partial charge in [0, 0.05) is 6.54 Å². The van der Waals surface area contributed by atoms with Crippen LogP contribution in [0.25, 0.3) is 0 Å². The molecule has 5 heteroatoms. The van der Waals surface area contributed by atoms with E-state index in [4.69, 9.17) is 4.74 Å². The molecule has 0 spiro atoms. The number of likely N-dealkylation sites (tertiary alicyclic amines) is 1. The molecule has 21 heavy (non-hydrogen) atoms. The molecule has 1 aliphatic heterocycles. The van der Waals surface area contributed by atoms with E-state index in [0.717, 1.165) is 25.3 Å². The number of hydrogen-bond donors (Lipinski definition) is 1. The molecule has 1 saturated heterocycles. The van der Waals surface area contributed by atoms with E-state index in [1.165, 1.54) is 39.5 Å². The van der Waals surface area contributed by atoms with Crippen molar-refractivity contribution in [3.05, 3.63) is 23.4 Å². The van der Waals surface area contributed by atoms with Crippen molar-refractivity contribution in [2.45, 2.75) is 32.6 Å². The van der Waals surface area contributed by atoms with E-state index in [1.54, 1.807) is 6.07 Å². The van der Waals surface area contributed by atoms with Crippen LogP contribution < -0.4 is 5.32 Å². The Morgan fingerprint density at radius 1 is 1.33 bits per heavy atom. The smallest absolute Gasteiger partial charge is 0.339 e. The number of esters is 1. The second-order valence-corrected chi connectivity index (χ2v) is 5.50. The zero-order valence-electron chi connectivity index (χ0n) is 13.0. The minimum Gasteiger partial charge on any atom is -0.465 e. The fourth-order valence-corrected chi connectivity index (χ4v) is 2.69. The van der Waals surface area contributed by atoms with Gasteiger partial charge in [-0.25, -0.2) is 9.78 Å². The first kappa shape index (κ1) is 15.8. The summed E-state index contributed by atoms with van der Waals surface area (Å²) >= 11 is 0. The van der Waals surface area contributed by atoms with Crippen LogP contribution in [0, 0.1) is 6.92 Å². The number of rotatable bonds is 6. The largest absolute Gasteiger partial charge is 0.465 e. The summed E-state index contributed by atoms with van der Waals surface area (Å²) in [6.45, 7) is 6.36. The Hall–Kier alpha value is -1.62. The summed E-state index contributed by atoms with van der Waals surface area (Å²) in [6, 6.07) is 3.60. The zero-order chi connectivity index (χ0) is 15.1. The molecule has 2 heterocycles. The van der Waals surface area contributed by atoms with Gasteiger partial charge in [0.05, 0.1) is 18.4 Å². The average Bonchev–Trinajstić information content (AvgIpc) is 2.52. The van der Waals surface area contributed by atoms with Gasteiger partial charge in [-0.3, -0.25) is 0 Å². The number of hydrogen-bond acceptors (Lipinski definition) is 5. The predicted octanol–water partition coefficient (Wildman–Crippen LogP) is 2.46. The van der Waals surface area contributed by atoms with Crippen molar-refractivity contribution >= 4 is 11.8 Å². The van der Waals surface area contributed by atoms with Crippen LogP contribution in [0.15, 0.2) is 12.1 Å². The van der Waals surface area contributed by atoms with Crippen molar-refractivity contribution in [2.75, 3.05) is 38.6 Å². The molecule has 0 unspecified atom stereocenters. The van der Waals surface area contributed by atoms with Crippen molar-refractivity contribution in [2.24, 2.45) is 0 Å². The van der Waals surface area contributed by atoms with Crippen molar-refractivity contribution in [1.29, 1.82) is 0 Å². The maximum Gasteiger partial charge on any atom is 0.339 e. The quantitative estimate of drug-likeness (QED) is 0.644. The van der Waals surface area contributed by atoms with Gasteiger partial charge in [-0.05, 0) is 58.0 Å². The van der Waals surface area contributed by atoms with E-state index in [2.05, 4.69) is 15.2 Å². The molecule has 2 rings (SSSR count). The van der Waals surface area contributed by atoms with Crippen molar-refractivity contribution in [3.8, 4) is 0 Å². The number of nitrogens with one attached hydrogen (secondary N) is 1. The van der Waals surface area contributed by atoms with Gasteiger partial charge >= 0.3 is 5.97 Å². The Bertz CT molecular complexity index is 471. The molecule has 1 aromatic rings.